The molecule has 1 heterocycles. The van der Waals surface area contributed by atoms with Crippen molar-refractivity contribution in [2.24, 2.45) is 5.92 Å². The number of nitrogens with one attached hydrogen (secondary N) is 1. The minimum Gasteiger partial charge on any atom is -0.486 e. The molecule has 0 aromatic heterocycles. The zero-order valence-corrected chi connectivity index (χ0v) is 12.5. The number of hydrogen-bond acceptors (Lipinski definition) is 3. The molecule has 1 saturated carbocycles. The average Bonchev–Trinajstić information content (AvgIpc) is 2.74. The molecule has 110 valence electrons. The first kappa shape index (κ1) is 13.9. The average molecular weight is 296 g/mol. The molecule has 4 heteroatoms. The van der Waals surface area contributed by atoms with Crippen molar-refractivity contribution >= 4 is 17.3 Å². The van der Waals surface area contributed by atoms with Crippen LogP contribution in [0.25, 0.3) is 0 Å². The zero-order valence-electron chi connectivity index (χ0n) is 11.8. The molecule has 0 spiro atoms. The van der Waals surface area contributed by atoms with E-state index >= 15 is 0 Å². The third kappa shape index (κ3) is 3.32. The number of rotatable bonds is 3. The number of fused-ring (bicyclic) bond motifs is 1. The Labute approximate surface area is 125 Å². The predicted molar refractivity (Wildman–Crippen MR) is 82.1 cm³/mol. The molecule has 2 aliphatic rings. The van der Waals surface area contributed by atoms with Crippen LogP contribution in [-0.4, -0.2) is 19.8 Å². The van der Waals surface area contributed by atoms with Crippen LogP contribution in [0.15, 0.2) is 12.1 Å². The van der Waals surface area contributed by atoms with Crippen LogP contribution in [0.5, 0.6) is 11.5 Å². The summed E-state index contributed by atoms with van der Waals surface area (Å²) in [5.74, 6) is 2.31. The number of anilines is 1. The normalized spacial score (nSPS) is 19.4. The SMILES string of the molecule is Clc1cc2c(cc1NCC1CCCCCC1)OCCO2. The van der Waals surface area contributed by atoms with Crippen molar-refractivity contribution in [2.75, 3.05) is 25.1 Å². The number of halogens is 1. The molecule has 1 aromatic carbocycles. The molecule has 20 heavy (non-hydrogen) atoms. The minimum absolute atomic E-state index is 0.595. The highest BCUT2D eigenvalue weighted by atomic mass is 35.5. The van der Waals surface area contributed by atoms with E-state index in [1.165, 1.54) is 38.5 Å². The van der Waals surface area contributed by atoms with Crippen molar-refractivity contribution in [2.45, 2.75) is 38.5 Å². The Morgan fingerprint density at radius 1 is 1.00 bits per heavy atom. The molecule has 0 saturated heterocycles. The maximum absolute atomic E-state index is 6.31. The number of ether oxygens (including phenoxy) is 2. The van der Waals surface area contributed by atoms with Crippen LogP contribution in [0.4, 0.5) is 5.69 Å². The summed E-state index contributed by atoms with van der Waals surface area (Å²) in [6.07, 6.45) is 8.16. The standard InChI is InChI=1S/C16H22ClNO2/c17-13-9-15-16(20-8-7-19-15)10-14(13)18-11-12-5-3-1-2-4-6-12/h9-10,12,18H,1-8,11H2. The Balaban J connectivity index is 1.64. The van der Waals surface area contributed by atoms with Crippen molar-refractivity contribution in [1.29, 1.82) is 0 Å². The van der Waals surface area contributed by atoms with E-state index in [-0.39, 0.29) is 0 Å². The number of hydrogen-bond donors (Lipinski definition) is 1. The monoisotopic (exact) mass is 295 g/mol. The van der Waals surface area contributed by atoms with Gasteiger partial charge in [0.05, 0.1) is 10.7 Å². The van der Waals surface area contributed by atoms with E-state index in [1.807, 2.05) is 12.1 Å². The molecule has 1 N–H and O–H groups in total. The third-order valence-electron chi connectivity index (χ3n) is 4.19. The summed E-state index contributed by atoms with van der Waals surface area (Å²) < 4.78 is 11.1. The van der Waals surface area contributed by atoms with Crippen molar-refractivity contribution in [1.82, 2.24) is 0 Å². The van der Waals surface area contributed by atoms with E-state index in [0.29, 0.717) is 18.2 Å². The summed E-state index contributed by atoms with van der Waals surface area (Å²) >= 11 is 6.31. The smallest absolute Gasteiger partial charge is 0.163 e. The van der Waals surface area contributed by atoms with Gasteiger partial charge in [0.1, 0.15) is 13.2 Å². The predicted octanol–water partition coefficient (Wildman–Crippen LogP) is 4.49. The van der Waals surface area contributed by atoms with Gasteiger partial charge >= 0.3 is 0 Å². The van der Waals surface area contributed by atoms with E-state index in [0.717, 1.165) is 29.6 Å². The Hall–Kier alpha value is -1.09. The fourth-order valence-electron chi connectivity index (χ4n) is 3.02. The second-order valence-electron chi connectivity index (χ2n) is 5.71. The first-order valence-corrected chi connectivity index (χ1v) is 8.04. The first-order valence-electron chi connectivity index (χ1n) is 7.66. The molecule has 1 fully saturated rings. The fourth-order valence-corrected chi connectivity index (χ4v) is 3.24. The minimum atomic E-state index is 0.595. The van der Waals surface area contributed by atoms with Crippen LogP contribution >= 0.6 is 11.6 Å². The topological polar surface area (TPSA) is 30.5 Å². The van der Waals surface area contributed by atoms with Gasteiger partial charge in [-0.15, -0.1) is 0 Å². The van der Waals surface area contributed by atoms with E-state index in [4.69, 9.17) is 21.1 Å². The van der Waals surface area contributed by atoms with Gasteiger partial charge in [-0.1, -0.05) is 37.3 Å². The van der Waals surface area contributed by atoms with Crippen molar-refractivity contribution in [3.05, 3.63) is 17.2 Å². The molecule has 0 bridgehead atoms. The van der Waals surface area contributed by atoms with Crippen LogP contribution in [-0.2, 0) is 0 Å². The lowest BCUT2D eigenvalue weighted by Gasteiger charge is -2.21. The highest BCUT2D eigenvalue weighted by Gasteiger charge is 2.16. The lowest BCUT2D eigenvalue weighted by atomic mass is 10.0. The molecule has 0 unspecified atom stereocenters. The van der Waals surface area contributed by atoms with Crippen molar-refractivity contribution < 1.29 is 9.47 Å². The second kappa shape index (κ2) is 6.57. The van der Waals surface area contributed by atoms with Gasteiger partial charge in [-0.2, -0.15) is 0 Å². The van der Waals surface area contributed by atoms with Gasteiger partial charge in [0.25, 0.3) is 0 Å². The van der Waals surface area contributed by atoms with E-state index < -0.39 is 0 Å². The third-order valence-corrected chi connectivity index (χ3v) is 4.50. The Morgan fingerprint density at radius 2 is 1.65 bits per heavy atom. The van der Waals surface area contributed by atoms with E-state index in [2.05, 4.69) is 5.32 Å². The first-order chi connectivity index (χ1) is 9.83. The maximum Gasteiger partial charge on any atom is 0.163 e. The molecule has 3 nitrogen and oxygen atoms in total. The fraction of sp³-hybridized carbons (Fsp3) is 0.625. The van der Waals surface area contributed by atoms with E-state index in [1.54, 1.807) is 0 Å². The van der Waals surface area contributed by atoms with Gasteiger partial charge in [-0.3, -0.25) is 0 Å². The van der Waals surface area contributed by atoms with Gasteiger partial charge in [0.2, 0.25) is 0 Å². The number of benzene rings is 1. The molecule has 1 aliphatic carbocycles. The Morgan fingerprint density at radius 3 is 2.35 bits per heavy atom. The summed E-state index contributed by atoms with van der Waals surface area (Å²) in [7, 11) is 0. The molecule has 0 atom stereocenters. The second-order valence-corrected chi connectivity index (χ2v) is 6.12. The van der Waals surface area contributed by atoms with Crippen molar-refractivity contribution in [3.63, 3.8) is 0 Å². The summed E-state index contributed by atoms with van der Waals surface area (Å²) in [4.78, 5) is 0. The molecule has 0 radical (unpaired) electrons. The van der Waals surface area contributed by atoms with Gasteiger partial charge in [-0.25, -0.2) is 0 Å². The maximum atomic E-state index is 6.31. The Kier molecular flexibility index (Phi) is 4.56. The zero-order chi connectivity index (χ0) is 13.8. The molecule has 0 amide bonds. The molecule has 1 aromatic rings. The summed E-state index contributed by atoms with van der Waals surface area (Å²) in [6, 6.07) is 3.82. The van der Waals surface area contributed by atoms with Crippen LogP contribution in [0.3, 0.4) is 0 Å². The lowest BCUT2D eigenvalue weighted by Crippen LogP contribution is -2.17. The largest absolute Gasteiger partial charge is 0.486 e. The summed E-state index contributed by atoms with van der Waals surface area (Å²) in [6.45, 7) is 2.20. The quantitative estimate of drug-likeness (QED) is 0.833. The molecule has 1 aliphatic heterocycles. The Bertz CT molecular complexity index is 456. The summed E-state index contributed by atoms with van der Waals surface area (Å²) in [5.41, 5.74) is 0.958. The van der Waals surface area contributed by atoms with Crippen LogP contribution in [0, 0.1) is 5.92 Å². The van der Waals surface area contributed by atoms with Gasteiger partial charge in [0.15, 0.2) is 11.5 Å². The highest BCUT2D eigenvalue weighted by Crippen LogP contribution is 2.38. The van der Waals surface area contributed by atoms with Crippen LogP contribution < -0.4 is 14.8 Å². The molecule has 3 rings (SSSR count). The van der Waals surface area contributed by atoms with Crippen molar-refractivity contribution in [3.8, 4) is 11.5 Å². The van der Waals surface area contributed by atoms with Gasteiger partial charge in [0, 0.05) is 18.7 Å². The van der Waals surface area contributed by atoms with E-state index in [9.17, 15) is 0 Å². The highest BCUT2D eigenvalue weighted by molar-refractivity contribution is 6.33. The van der Waals surface area contributed by atoms with Gasteiger partial charge in [-0.05, 0) is 18.8 Å². The lowest BCUT2D eigenvalue weighted by molar-refractivity contribution is 0.171. The van der Waals surface area contributed by atoms with Crippen LogP contribution in [0.1, 0.15) is 38.5 Å². The van der Waals surface area contributed by atoms with Gasteiger partial charge < -0.3 is 14.8 Å². The van der Waals surface area contributed by atoms with Crippen LogP contribution in [0.2, 0.25) is 5.02 Å². The molecular formula is C16H22ClNO2. The molecular weight excluding hydrogens is 274 g/mol. The summed E-state index contributed by atoms with van der Waals surface area (Å²) in [5, 5.41) is 4.20.